The van der Waals surface area contributed by atoms with Crippen LogP contribution in [0.3, 0.4) is 0 Å². The summed E-state index contributed by atoms with van der Waals surface area (Å²) in [5.74, 6) is 1.54. The number of hydrogen-bond acceptors (Lipinski definition) is 4. The zero-order chi connectivity index (χ0) is 13.2. The molecule has 3 aromatic rings. The monoisotopic (exact) mass is 253 g/mol. The lowest BCUT2D eigenvalue weighted by atomic mass is 10.1. The molecule has 0 radical (unpaired) electrons. The van der Waals surface area contributed by atoms with E-state index in [0.29, 0.717) is 5.82 Å². The van der Waals surface area contributed by atoms with Crippen LogP contribution in [0, 0.1) is 6.92 Å². The topological polar surface area (TPSA) is 51.0 Å². The van der Waals surface area contributed by atoms with Crippen molar-refractivity contribution in [2.45, 2.75) is 13.8 Å². The number of nitrogens with zero attached hydrogens (tertiary/aromatic N) is 2. The van der Waals surface area contributed by atoms with Gasteiger partial charge in [0.1, 0.15) is 17.7 Å². The summed E-state index contributed by atoms with van der Waals surface area (Å²) >= 11 is 0. The Balaban J connectivity index is 2.15. The number of furan rings is 1. The predicted octanol–water partition coefficient (Wildman–Crippen LogP) is 3.63. The van der Waals surface area contributed by atoms with Crippen LogP contribution >= 0.6 is 0 Å². The van der Waals surface area contributed by atoms with Crippen molar-refractivity contribution in [2.75, 3.05) is 11.9 Å². The normalized spacial score (nSPS) is 10.8. The first-order valence-corrected chi connectivity index (χ1v) is 6.34. The fourth-order valence-corrected chi connectivity index (χ4v) is 2.11. The van der Waals surface area contributed by atoms with Gasteiger partial charge in [0.05, 0.1) is 5.56 Å². The van der Waals surface area contributed by atoms with Crippen LogP contribution in [0.25, 0.3) is 22.4 Å². The second-order valence-corrected chi connectivity index (χ2v) is 4.39. The lowest BCUT2D eigenvalue weighted by Crippen LogP contribution is -2.02. The van der Waals surface area contributed by atoms with E-state index in [1.807, 2.05) is 44.2 Å². The molecule has 0 spiro atoms. The van der Waals surface area contributed by atoms with E-state index in [1.54, 1.807) is 6.26 Å². The molecule has 2 heterocycles. The summed E-state index contributed by atoms with van der Waals surface area (Å²) in [6.07, 6.45) is 1.72. The largest absolute Gasteiger partial charge is 0.464 e. The highest BCUT2D eigenvalue weighted by molar-refractivity contribution is 5.92. The molecule has 0 saturated heterocycles. The molecule has 0 amide bonds. The van der Waals surface area contributed by atoms with E-state index in [2.05, 4.69) is 15.3 Å². The SMILES string of the molecule is CCNc1cc(C)nc(-c2coc3ccccc23)n1. The van der Waals surface area contributed by atoms with Gasteiger partial charge in [-0.15, -0.1) is 0 Å². The van der Waals surface area contributed by atoms with Crippen molar-refractivity contribution < 1.29 is 4.42 Å². The van der Waals surface area contributed by atoms with Crippen LogP contribution in [-0.4, -0.2) is 16.5 Å². The Morgan fingerprint density at radius 1 is 1.21 bits per heavy atom. The molecule has 1 aromatic carbocycles. The van der Waals surface area contributed by atoms with Gasteiger partial charge in [0.15, 0.2) is 5.82 Å². The fourth-order valence-electron chi connectivity index (χ4n) is 2.11. The maximum absolute atomic E-state index is 5.54. The van der Waals surface area contributed by atoms with Gasteiger partial charge >= 0.3 is 0 Å². The van der Waals surface area contributed by atoms with Crippen LogP contribution in [0.5, 0.6) is 0 Å². The smallest absolute Gasteiger partial charge is 0.165 e. The maximum Gasteiger partial charge on any atom is 0.165 e. The molecule has 0 unspecified atom stereocenters. The van der Waals surface area contributed by atoms with Gasteiger partial charge in [0.2, 0.25) is 0 Å². The molecule has 19 heavy (non-hydrogen) atoms. The van der Waals surface area contributed by atoms with Gasteiger partial charge < -0.3 is 9.73 Å². The third-order valence-corrected chi connectivity index (χ3v) is 2.93. The molecule has 0 atom stereocenters. The van der Waals surface area contributed by atoms with Crippen LogP contribution in [-0.2, 0) is 0 Å². The minimum Gasteiger partial charge on any atom is -0.464 e. The summed E-state index contributed by atoms with van der Waals surface area (Å²) in [5, 5.41) is 4.25. The van der Waals surface area contributed by atoms with E-state index in [0.717, 1.165) is 34.6 Å². The summed E-state index contributed by atoms with van der Waals surface area (Å²) in [4.78, 5) is 9.03. The number of nitrogens with one attached hydrogen (secondary N) is 1. The van der Waals surface area contributed by atoms with Gasteiger partial charge in [0, 0.05) is 23.7 Å². The fraction of sp³-hybridized carbons (Fsp3) is 0.200. The van der Waals surface area contributed by atoms with Crippen LogP contribution < -0.4 is 5.32 Å². The molecule has 0 fully saturated rings. The van der Waals surface area contributed by atoms with Gasteiger partial charge in [-0.3, -0.25) is 0 Å². The number of anilines is 1. The minimum atomic E-state index is 0.695. The quantitative estimate of drug-likeness (QED) is 0.774. The third kappa shape index (κ3) is 2.17. The summed E-state index contributed by atoms with van der Waals surface area (Å²) in [6, 6.07) is 9.85. The standard InChI is InChI=1S/C15H15N3O/c1-3-16-14-8-10(2)17-15(18-14)12-9-19-13-7-5-4-6-11(12)13/h4-9H,3H2,1-2H3,(H,16,17,18). The van der Waals surface area contributed by atoms with Crippen molar-refractivity contribution in [3.8, 4) is 11.4 Å². The number of hydrogen-bond donors (Lipinski definition) is 1. The van der Waals surface area contributed by atoms with Crippen molar-refractivity contribution in [3.63, 3.8) is 0 Å². The molecule has 3 rings (SSSR count). The Morgan fingerprint density at radius 2 is 2.05 bits per heavy atom. The highest BCUT2D eigenvalue weighted by Gasteiger charge is 2.11. The zero-order valence-corrected chi connectivity index (χ0v) is 11.0. The van der Waals surface area contributed by atoms with Crippen molar-refractivity contribution >= 4 is 16.8 Å². The Morgan fingerprint density at radius 3 is 2.89 bits per heavy atom. The first kappa shape index (κ1) is 11.7. The average molecular weight is 253 g/mol. The van der Waals surface area contributed by atoms with Crippen LogP contribution in [0.2, 0.25) is 0 Å². The van der Waals surface area contributed by atoms with Crippen LogP contribution in [0.15, 0.2) is 41.0 Å². The van der Waals surface area contributed by atoms with Crippen LogP contribution in [0.4, 0.5) is 5.82 Å². The summed E-state index contributed by atoms with van der Waals surface area (Å²) < 4.78 is 5.54. The van der Waals surface area contributed by atoms with Crippen molar-refractivity contribution in [2.24, 2.45) is 0 Å². The zero-order valence-electron chi connectivity index (χ0n) is 11.0. The molecule has 4 nitrogen and oxygen atoms in total. The molecule has 0 aliphatic rings. The summed E-state index contributed by atoms with van der Waals surface area (Å²) in [7, 11) is 0. The summed E-state index contributed by atoms with van der Waals surface area (Å²) in [5.41, 5.74) is 2.72. The molecule has 0 saturated carbocycles. The maximum atomic E-state index is 5.54. The molecule has 0 aliphatic carbocycles. The van der Waals surface area contributed by atoms with Gasteiger partial charge in [-0.2, -0.15) is 0 Å². The van der Waals surface area contributed by atoms with Gasteiger partial charge in [-0.1, -0.05) is 18.2 Å². The molecular formula is C15H15N3O. The number of benzene rings is 1. The van der Waals surface area contributed by atoms with Gasteiger partial charge in [-0.25, -0.2) is 9.97 Å². The number of para-hydroxylation sites is 1. The van der Waals surface area contributed by atoms with Crippen molar-refractivity contribution in [3.05, 3.63) is 42.3 Å². The van der Waals surface area contributed by atoms with Gasteiger partial charge in [0.25, 0.3) is 0 Å². The van der Waals surface area contributed by atoms with Crippen molar-refractivity contribution in [1.82, 2.24) is 9.97 Å². The Bertz CT molecular complexity index is 718. The number of aryl methyl sites for hydroxylation is 1. The predicted molar refractivity (Wildman–Crippen MR) is 76.1 cm³/mol. The first-order valence-electron chi connectivity index (χ1n) is 6.34. The molecule has 4 heteroatoms. The second-order valence-electron chi connectivity index (χ2n) is 4.39. The molecular weight excluding hydrogens is 238 g/mol. The lowest BCUT2D eigenvalue weighted by Gasteiger charge is -2.05. The highest BCUT2D eigenvalue weighted by atomic mass is 16.3. The Hall–Kier alpha value is -2.36. The second kappa shape index (κ2) is 4.72. The Kier molecular flexibility index (Phi) is 2.91. The van der Waals surface area contributed by atoms with Crippen LogP contribution in [0.1, 0.15) is 12.6 Å². The minimum absolute atomic E-state index is 0.695. The third-order valence-electron chi connectivity index (χ3n) is 2.93. The molecule has 1 N–H and O–H groups in total. The number of rotatable bonds is 3. The first-order chi connectivity index (χ1) is 9.28. The number of aromatic nitrogens is 2. The number of fused-ring (bicyclic) bond motifs is 1. The molecule has 0 aliphatic heterocycles. The average Bonchev–Trinajstić information content (AvgIpc) is 2.82. The lowest BCUT2D eigenvalue weighted by molar-refractivity contribution is 0.616. The van der Waals surface area contributed by atoms with E-state index in [1.165, 1.54) is 0 Å². The van der Waals surface area contributed by atoms with E-state index < -0.39 is 0 Å². The Labute approximate surface area is 111 Å². The molecule has 0 bridgehead atoms. The van der Waals surface area contributed by atoms with E-state index in [4.69, 9.17) is 4.42 Å². The highest BCUT2D eigenvalue weighted by Crippen LogP contribution is 2.28. The van der Waals surface area contributed by atoms with Gasteiger partial charge in [-0.05, 0) is 19.9 Å². The molecule has 2 aromatic heterocycles. The van der Waals surface area contributed by atoms with Crippen molar-refractivity contribution in [1.29, 1.82) is 0 Å². The molecule has 96 valence electrons. The van der Waals surface area contributed by atoms with E-state index >= 15 is 0 Å². The van der Waals surface area contributed by atoms with E-state index in [9.17, 15) is 0 Å². The summed E-state index contributed by atoms with van der Waals surface area (Å²) in [6.45, 7) is 4.85. The van der Waals surface area contributed by atoms with E-state index in [-0.39, 0.29) is 0 Å².